The number of nitrogens with one attached hydrogen (secondary N) is 6. The van der Waals surface area contributed by atoms with Gasteiger partial charge in [0.15, 0.2) is 0 Å². The third kappa shape index (κ3) is 7.34. The molecule has 2 aliphatic rings. The topological polar surface area (TPSA) is 89.2 Å². The molecule has 0 spiro atoms. The molecule has 1 saturated carbocycles. The van der Waals surface area contributed by atoms with Crippen LogP contribution in [0.3, 0.4) is 0 Å². The maximum absolute atomic E-state index is 13.6. The molecule has 1 saturated heterocycles. The van der Waals surface area contributed by atoms with Crippen LogP contribution in [0.2, 0.25) is 0 Å². The molecule has 0 aromatic rings. The van der Waals surface area contributed by atoms with Gasteiger partial charge in [0.1, 0.15) is 12.5 Å². The Morgan fingerprint density at radius 1 is 1.11 bits per heavy atom. The lowest BCUT2D eigenvalue weighted by atomic mass is 9.84. The van der Waals surface area contributed by atoms with E-state index in [1.165, 1.54) is 0 Å². The fraction of sp³-hybridized carbons (Fsp3) is 0.941. The molecule has 0 bridgehead atoms. The third-order valence-corrected chi connectivity index (χ3v) is 5.20. The number of hydrogen-bond donors (Lipinski definition) is 6. The summed E-state index contributed by atoms with van der Waals surface area (Å²) in [5, 5.41) is 18.1. The van der Waals surface area contributed by atoms with Crippen molar-refractivity contribution in [3.63, 3.8) is 0 Å². The summed E-state index contributed by atoms with van der Waals surface area (Å²) in [4.78, 5) is 12.2. The molecule has 2 fully saturated rings. The molecule has 0 aromatic heterocycles. The van der Waals surface area contributed by atoms with Gasteiger partial charge in [-0.15, -0.1) is 0 Å². The summed E-state index contributed by atoms with van der Waals surface area (Å²) in [7, 11) is 1.89. The maximum Gasteiger partial charge on any atom is 0.394 e. The van der Waals surface area contributed by atoms with E-state index in [2.05, 4.69) is 31.9 Å². The monoisotopic (exact) mass is 412 g/mol. The van der Waals surface area contributed by atoms with Gasteiger partial charge in [0.05, 0.1) is 12.1 Å². The standard InChI is InChI=1S/C17H32F4N6O/c1-10-8-14(23-7-3-6-22-2)26-15(24-10)27-16(28)25-11-4-5-13(18)12(9-11)17(19,20)21/h10-15,22-24,26H,3-9H2,1-2H3,(H2,25,27,28). The molecule has 28 heavy (non-hydrogen) atoms. The zero-order valence-corrected chi connectivity index (χ0v) is 16.3. The minimum atomic E-state index is -4.59. The van der Waals surface area contributed by atoms with Crippen molar-refractivity contribution in [1.82, 2.24) is 31.9 Å². The molecule has 1 aliphatic carbocycles. The first-order valence-electron chi connectivity index (χ1n) is 9.87. The van der Waals surface area contributed by atoms with Crippen LogP contribution in [0.15, 0.2) is 0 Å². The lowest BCUT2D eigenvalue weighted by Crippen LogP contribution is -2.68. The summed E-state index contributed by atoms with van der Waals surface area (Å²) in [5.41, 5.74) is 0. The Labute approximate surface area is 163 Å². The number of hydrogen-bond acceptors (Lipinski definition) is 5. The largest absolute Gasteiger partial charge is 0.394 e. The highest BCUT2D eigenvalue weighted by Gasteiger charge is 2.48. The summed E-state index contributed by atoms with van der Waals surface area (Å²) >= 11 is 0. The van der Waals surface area contributed by atoms with Crippen molar-refractivity contribution in [1.29, 1.82) is 0 Å². The second-order valence-corrected chi connectivity index (χ2v) is 7.66. The zero-order chi connectivity index (χ0) is 20.7. The van der Waals surface area contributed by atoms with Gasteiger partial charge in [-0.2, -0.15) is 13.2 Å². The highest BCUT2D eigenvalue weighted by Crippen LogP contribution is 2.39. The molecule has 1 aliphatic heterocycles. The molecule has 0 radical (unpaired) electrons. The van der Waals surface area contributed by atoms with E-state index in [4.69, 9.17) is 0 Å². The Hall–Kier alpha value is -1.17. The van der Waals surface area contributed by atoms with Gasteiger partial charge < -0.3 is 21.3 Å². The van der Waals surface area contributed by atoms with Crippen LogP contribution in [0, 0.1) is 5.92 Å². The Morgan fingerprint density at radius 2 is 1.86 bits per heavy atom. The number of alkyl halides is 4. The minimum Gasteiger partial charge on any atom is -0.335 e. The first-order valence-corrected chi connectivity index (χ1v) is 9.87. The zero-order valence-electron chi connectivity index (χ0n) is 16.3. The Balaban J connectivity index is 1.78. The van der Waals surface area contributed by atoms with Gasteiger partial charge in [-0.1, -0.05) is 0 Å². The summed E-state index contributed by atoms with van der Waals surface area (Å²) in [6.45, 7) is 3.71. The van der Waals surface area contributed by atoms with Crippen molar-refractivity contribution >= 4 is 6.03 Å². The molecule has 2 amide bonds. The van der Waals surface area contributed by atoms with Crippen LogP contribution in [0.4, 0.5) is 22.4 Å². The van der Waals surface area contributed by atoms with Crippen LogP contribution in [0.1, 0.15) is 39.0 Å². The van der Waals surface area contributed by atoms with E-state index in [1.54, 1.807) is 0 Å². The van der Waals surface area contributed by atoms with Crippen LogP contribution < -0.4 is 31.9 Å². The van der Waals surface area contributed by atoms with E-state index in [0.29, 0.717) is 0 Å². The molecule has 11 heteroatoms. The van der Waals surface area contributed by atoms with Crippen LogP contribution in [0.25, 0.3) is 0 Å². The molecule has 6 atom stereocenters. The van der Waals surface area contributed by atoms with Gasteiger partial charge in [0.25, 0.3) is 0 Å². The highest BCUT2D eigenvalue weighted by molar-refractivity contribution is 5.74. The Morgan fingerprint density at radius 3 is 2.54 bits per heavy atom. The predicted molar refractivity (Wildman–Crippen MR) is 98.2 cm³/mol. The number of carbonyl (C=O) groups excluding carboxylic acids is 1. The van der Waals surface area contributed by atoms with Crippen molar-refractivity contribution < 1.29 is 22.4 Å². The van der Waals surface area contributed by atoms with Gasteiger partial charge in [-0.25, -0.2) is 9.18 Å². The van der Waals surface area contributed by atoms with E-state index in [-0.39, 0.29) is 25.0 Å². The van der Waals surface area contributed by atoms with Crippen molar-refractivity contribution in [2.24, 2.45) is 5.92 Å². The van der Waals surface area contributed by atoms with E-state index < -0.39 is 43.0 Å². The molecule has 0 aromatic carbocycles. The highest BCUT2D eigenvalue weighted by atomic mass is 19.4. The maximum atomic E-state index is 13.6. The first kappa shape index (κ1) is 23.1. The van der Waals surface area contributed by atoms with Crippen LogP contribution in [-0.4, -0.2) is 63.1 Å². The lowest BCUT2D eigenvalue weighted by Gasteiger charge is -2.38. The normalized spacial score (nSPS) is 34.1. The number of carbonyl (C=O) groups is 1. The first-order chi connectivity index (χ1) is 13.2. The lowest BCUT2D eigenvalue weighted by molar-refractivity contribution is -0.199. The molecule has 6 N–H and O–H groups in total. The Bertz CT molecular complexity index is 495. The van der Waals surface area contributed by atoms with Gasteiger partial charge in [-0.3, -0.25) is 10.6 Å². The summed E-state index contributed by atoms with van der Waals surface area (Å²) < 4.78 is 52.3. The minimum absolute atomic E-state index is 0.00925. The van der Waals surface area contributed by atoms with E-state index in [1.807, 2.05) is 14.0 Å². The molecular weight excluding hydrogens is 380 g/mol. The average molecular weight is 412 g/mol. The molecule has 2 rings (SSSR count). The molecule has 164 valence electrons. The summed E-state index contributed by atoms with van der Waals surface area (Å²) in [6, 6.07) is -1.13. The molecule has 1 heterocycles. The van der Waals surface area contributed by atoms with E-state index in [9.17, 15) is 22.4 Å². The van der Waals surface area contributed by atoms with Crippen LogP contribution in [0.5, 0.6) is 0 Å². The number of halogens is 4. The number of amides is 2. The Kier molecular flexibility index (Phi) is 8.72. The fourth-order valence-electron chi connectivity index (χ4n) is 3.75. The van der Waals surface area contributed by atoms with Gasteiger partial charge in [0, 0.05) is 12.1 Å². The van der Waals surface area contributed by atoms with Crippen molar-refractivity contribution in [3.05, 3.63) is 0 Å². The van der Waals surface area contributed by atoms with E-state index in [0.717, 1.165) is 25.9 Å². The second-order valence-electron chi connectivity index (χ2n) is 7.66. The summed E-state index contributed by atoms with van der Waals surface area (Å²) in [5.74, 6) is -2.02. The average Bonchev–Trinajstić information content (AvgIpc) is 2.59. The van der Waals surface area contributed by atoms with Gasteiger partial charge in [-0.05, 0) is 59.2 Å². The molecule has 6 unspecified atom stereocenters. The molecular formula is C17H32F4N6O. The van der Waals surface area contributed by atoms with Crippen molar-refractivity contribution in [2.45, 2.75) is 75.9 Å². The van der Waals surface area contributed by atoms with E-state index >= 15 is 0 Å². The fourth-order valence-corrected chi connectivity index (χ4v) is 3.75. The quantitative estimate of drug-likeness (QED) is 0.279. The smallest absolute Gasteiger partial charge is 0.335 e. The van der Waals surface area contributed by atoms with Gasteiger partial charge >= 0.3 is 12.2 Å². The number of urea groups is 1. The summed E-state index contributed by atoms with van der Waals surface area (Å²) in [6.07, 6.45) is -5.65. The van der Waals surface area contributed by atoms with Crippen LogP contribution in [-0.2, 0) is 0 Å². The second kappa shape index (κ2) is 10.6. The van der Waals surface area contributed by atoms with Gasteiger partial charge in [0.2, 0.25) is 0 Å². The molecule has 7 nitrogen and oxygen atoms in total. The predicted octanol–water partition coefficient (Wildman–Crippen LogP) is 1.13. The van der Waals surface area contributed by atoms with Crippen molar-refractivity contribution in [2.75, 3.05) is 20.1 Å². The third-order valence-electron chi connectivity index (χ3n) is 5.20. The van der Waals surface area contributed by atoms with Crippen LogP contribution >= 0.6 is 0 Å². The number of rotatable bonds is 7. The SMILES string of the molecule is CNCCCNC1CC(C)NC(NC(=O)NC2CCC(F)C(C(F)(F)F)C2)N1. The van der Waals surface area contributed by atoms with Crippen molar-refractivity contribution in [3.8, 4) is 0 Å².